The van der Waals surface area contributed by atoms with E-state index in [1.165, 1.54) is 24.8 Å². The molecule has 2 unspecified atom stereocenters. The summed E-state index contributed by atoms with van der Waals surface area (Å²) in [6, 6.07) is 0. The number of ether oxygens (including phenoxy) is 1. The number of hydrogen-bond donors (Lipinski definition) is 1. The molecular formula is C15H30N2O. The lowest BCUT2D eigenvalue weighted by Crippen LogP contribution is -2.34. The summed E-state index contributed by atoms with van der Waals surface area (Å²) in [5, 5.41) is 3.44. The monoisotopic (exact) mass is 254 g/mol. The minimum atomic E-state index is 0.415. The normalized spacial score (nSPS) is 23.8. The van der Waals surface area contributed by atoms with Gasteiger partial charge in [-0.3, -0.25) is 4.90 Å². The first-order valence-electron chi connectivity index (χ1n) is 7.38. The van der Waals surface area contributed by atoms with Crippen LogP contribution >= 0.6 is 0 Å². The third-order valence-corrected chi connectivity index (χ3v) is 3.40. The Morgan fingerprint density at radius 2 is 2.06 bits per heavy atom. The topological polar surface area (TPSA) is 24.5 Å². The van der Waals surface area contributed by atoms with E-state index < -0.39 is 0 Å². The number of likely N-dealkylation sites (N-methyl/N-ethyl adjacent to an activating group) is 1. The number of hydrogen-bond acceptors (Lipinski definition) is 3. The van der Waals surface area contributed by atoms with Crippen LogP contribution < -0.4 is 5.32 Å². The quantitative estimate of drug-likeness (QED) is 0.505. The molecule has 3 heteroatoms. The Morgan fingerprint density at radius 1 is 1.33 bits per heavy atom. The van der Waals surface area contributed by atoms with Gasteiger partial charge in [0, 0.05) is 19.6 Å². The van der Waals surface area contributed by atoms with Gasteiger partial charge in [-0.05, 0) is 39.3 Å². The molecule has 1 aliphatic heterocycles. The van der Waals surface area contributed by atoms with Gasteiger partial charge in [-0.1, -0.05) is 26.0 Å². The van der Waals surface area contributed by atoms with Crippen LogP contribution in [0, 0.1) is 0 Å². The second kappa shape index (κ2) is 8.68. The molecule has 1 saturated heterocycles. The lowest BCUT2D eigenvalue weighted by molar-refractivity contribution is 0.0260. The molecule has 2 atom stereocenters. The molecule has 106 valence electrons. The van der Waals surface area contributed by atoms with Gasteiger partial charge in [0.25, 0.3) is 0 Å². The number of nitrogens with one attached hydrogen (secondary N) is 1. The average molecular weight is 254 g/mol. The molecule has 18 heavy (non-hydrogen) atoms. The largest absolute Gasteiger partial charge is 0.372 e. The van der Waals surface area contributed by atoms with Gasteiger partial charge >= 0.3 is 0 Å². The Kier molecular flexibility index (Phi) is 7.56. The zero-order valence-electron chi connectivity index (χ0n) is 12.4. The van der Waals surface area contributed by atoms with Crippen LogP contribution in [0.2, 0.25) is 0 Å². The van der Waals surface area contributed by atoms with Gasteiger partial charge in [0.05, 0.1) is 12.2 Å². The highest BCUT2D eigenvalue weighted by molar-refractivity contribution is 4.92. The standard InChI is InChI=1S/C15H30N2O/c1-5-9-16-10-14-7-8-15(18-14)12-17(6-2)11-13(3)4/h14-16H,3,5-12H2,1-2,4H3. The van der Waals surface area contributed by atoms with E-state index >= 15 is 0 Å². The van der Waals surface area contributed by atoms with Gasteiger partial charge in [0.15, 0.2) is 0 Å². The van der Waals surface area contributed by atoms with Crippen LogP contribution in [0.15, 0.2) is 12.2 Å². The molecule has 0 radical (unpaired) electrons. The molecule has 1 fully saturated rings. The van der Waals surface area contributed by atoms with Gasteiger partial charge in [0.2, 0.25) is 0 Å². The number of rotatable bonds is 9. The van der Waals surface area contributed by atoms with Crippen molar-refractivity contribution in [2.24, 2.45) is 0 Å². The summed E-state index contributed by atoms with van der Waals surface area (Å²) in [4.78, 5) is 2.43. The predicted molar refractivity (Wildman–Crippen MR) is 78.0 cm³/mol. The molecule has 1 rings (SSSR count). The van der Waals surface area contributed by atoms with Crippen molar-refractivity contribution >= 4 is 0 Å². The van der Waals surface area contributed by atoms with Crippen molar-refractivity contribution in [3.63, 3.8) is 0 Å². The molecule has 0 bridgehead atoms. The zero-order chi connectivity index (χ0) is 13.4. The Bertz CT molecular complexity index is 243. The van der Waals surface area contributed by atoms with E-state index in [2.05, 4.69) is 37.6 Å². The highest BCUT2D eigenvalue weighted by atomic mass is 16.5. The minimum Gasteiger partial charge on any atom is -0.372 e. The minimum absolute atomic E-state index is 0.415. The Morgan fingerprint density at radius 3 is 2.67 bits per heavy atom. The van der Waals surface area contributed by atoms with Crippen molar-refractivity contribution in [2.45, 2.75) is 52.2 Å². The summed E-state index contributed by atoms with van der Waals surface area (Å²) < 4.78 is 6.09. The summed E-state index contributed by atoms with van der Waals surface area (Å²) in [5.41, 5.74) is 1.23. The van der Waals surface area contributed by atoms with Gasteiger partial charge in [-0.2, -0.15) is 0 Å². The summed E-state index contributed by atoms with van der Waals surface area (Å²) in [7, 11) is 0. The second-order valence-electron chi connectivity index (χ2n) is 5.45. The average Bonchev–Trinajstić information content (AvgIpc) is 2.76. The summed E-state index contributed by atoms with van der Waals surface area (Å²) in [6.45, 7) is 15.7. The highest BCUT2D eigenvalue weighted by Gasteiger charge is 2.26. The van der Waals surface area contributed by atoms with Crippen molar-refractivity contribution in [1.29, 1.82) is 0 Å². The van der Waals surface area contributed by atoms with E-state index in [-0.39, 0.29) is 0 Å². The fourth-order valence-corrected chi connectivity index (χ4v) is 2.48. The maximum Gasteiger partial charge on any atom is 0.0707 e. The van der Waals surface area contributed by atoms with E-state index in [0.29, 0.717) is 12.2 Å². The van der Waals surface area contributed by atoms with E-state index in [1.54, 1.807) is 0 Å². The highest BCUT2D eigenvalue weighted by Crippen LogP contribution is 2.20. The third kappa shape index (κ3) is 5.98. The van der Waals surface area contributed by atoms with Crippen LogP contribution in [0.4, 0.5) is 0 Å². The molecule has 0 aliphatic carbocycles. The molecule has 1 aliphatic rings. The zero-order valence-corrected chi connectivity index (χ0v) is 12.4. The molecular weight excluding hydrogens is 224 g/mol. The molecule has 0 aromatic carbocycles. The van der Waals surface area contributed by atoms with Gasteiger partial charge in [-0.15, -0.1) is 0 Å². The first kappa shape index (κ1) is 15.7. The fraction of sp³-hybridized carbons (Fsp3) is 0.867. The van der Waals surface area contributed by atoms with Crippen molar-refractivity contribution in [2.75, 3.05) is 32.7 Å². The summed E-state index contributed by atoms with van der Waals surface area (Å²) >= 11 is 0. The van der Waals surface area contributed by atoms with Crippen LogP contribution in [0.1, 0.15) is 40.0 Å². The lowest BCUT2D eigenvalue weighted by atomic mass is 10.2. The van der Waals surface area contributed by atoms with Crippen molar-refractivity contribution < 1.29 is 4.74 Å². The van der Waals surface area contributed by atoms with E-state index in [9.17, 15) is 0 Å². The fourth-order valence-electron chi connectivity index (χ4n) is 2.48. The molecule has 3 nitrogen and oxygen atoms in total. The maximum absolute atomic E-state index is 6.09. The van der Waals surface area contributed by atoms with E-state index in [0.717, 1.165) is 32.7 Å². The summed E-state index contributed by atoms with van der Waals surface area (Å²) in [6.07, 6.45) is 4.43. The molecule has 0 spiro atoms. The molecule has 0 aromatic heterocycles. The Balaban J connectivity index is 2.21. The number of nitrogens with zero attached hydrogens (tertiary/aromatic N) is 1. The van der Waals surface area contributed by atoms with Crippen molar-refractivity contribution in [3.05, 3.63) is 12.2 Å². The van der Waals surface area contributed by atoms with Gasteiger partial charge in [0.1, 0.15) is 0 Å². The second-order valence-corrected chi connectivity index (χ2v) is 5.45. The lowest BCUT2D eigenvalue weighted by Gasteiger charge is -2.24. The predicted octanol–water partition coefficient (Wildman–Crippen LogP) is 2.43. The SMILES string of the molecule is C=C(C)CN(CC)CC1CCC(CNCCC)O1. The smallest absolute Gasteiger partial charge is 0.0707 e. The van der Waals surface area contributed by atoms with Crippen molar-refractivity contribution in [3.8, 4) is 0 Å². The molecule has 1 N–H and O–H groups in total. The molecule has 0 aromatic rings. The molecule has 0 amide bonds. The van der Waals surface area contributed by atoms with Crippen LogP contribution in [0.5, 0.6) is 0 Å². The third-order valence-electron chi connectivity index (χ3n) is 3.40. The summed E-state index contributed by atoms with van der Waals surface area (Å²) in [5.74, 6) is 0. The van der Waals surface area contributed by atoms with Crippen LogP contribution in [-0.4, -0.2) is 49.8 Å². The Labute approximate surface area is 113 Å². The van der Waals surface area contributed by atoms with Gasteiger partial charge in [-0.25, -0.2) is 0 Å². The molecule has 1 heterocycles. The van der Waals surface area contributed by atoms with E-state index in [1.807, 2.05) is 0 Å². The first-order chi connectivity index (χ1) is 8.65. The van der Waals surface area contributed by atoms with Crippen LogP contribution in [0.3, 0.4) is 0 Å². The molecule has 0 saturated carbocycles. The van der Waals surface area contributed by atoms with Crippen LogP contribution in [-0.2, 0) is 4.74 Å². The Hall–Kier alpha value is -0.380. The van der Waals surface area contributed by atoms with Crippen LogP contribution in [0.25, 0.3) is 0 Å². The van der Waals surface area contributed by atoms with E-state index in [4.69, 9.17) is 4.74 Å². The first-order valence-corrected chi connectivity index (χ1v) is 7.38. The van der Waals surface area contributed by atoms with Crippen molar-refractivity contribution in [1.82, 2.24) is 10.2 Å². The van der Waals surface area contributed by atoms with Gasteiger partial charge < -0.3 is 10.1 Å². The maximum atomic E-state index is 6.09.